The van der Waals surface area contributed by atoms with Crippen LogP contribution in [0.2, 0.25) is 0 Å². The van der Waals surface area contributed by atoms with Gasteiger partial charge in [0.2, 0.25) is 5.69 Å². The summed E-state index contributed by atoms with van der Waals surface area (Å²) in [6, 6.07) is 55.0. The van der Waals surface area contributed by atoms with Crippen molar-refractivity contribution in [2.24, 2.45) is 0 Å². The molecule has 0 saturated carbocycles. The summed E-state index contributed by atoms with van der Waals surface area (Å²) < 4.78 is 24.3. The van der Waals surface area contributed by atoms with Crippen molar-refractivity contribution >= 4 is 90.5 Å². The summed E-state index contributed by atoms with van der Waals surface area (Å²) >= 11 is 3.45. The summed E-state index contributed by atoms with van der Waals surface area (Å²) in [5.74, 6) is -0.645. The Bertz CT molecular complexity index is 3490. The Morgan fingerprint density at radius 3 is 1.68 bits per heavy atom. The van der Waals surface area contributed by atoms with Crippen LogP contribution in [-0.4, -0.2) is 4.57 Å². The van der Waals surface area contributed by atoms with E-state index >= 15 is 4.39 Å². The van der Waals surface area contributed by atoms with E-state index in [4.69, 9.17) is 6.57 Å². The number of benzene rings is 8. The third kappa shape index (κ3) is 4.52. The van der Waals surface area contributed by atoms with Crippen LogP contribution in [0.4, 0.5) is 10.1 Å². The van der Waals surface area contributed by atoms with Gasteiger partial charge in [-0.3, -0.25) is 0 Å². The van der Waals surface area contributed by atoms with Crippen molar-refractivity contribution in [1.29, 1.82) is 5.26 Å². The zero-order valence-corrected chi connectivity index (χ0v) is 31.2. The molecule has 56 heavy (non-hydrogen) atoms. The first-order valence-electron chi connectivity index (χ1n) is 18.2. The summed E-state index contributed by atoms with van der Waals surface area (Å²) in [7, 11) is 0. The van der Waals surface area contributed by atoms with E-state index in [-0.39, 0.29) is 16.8 Å². The molecule has 0 atom stereocenters. The molecule has 0 spiro atoms. The summed E-state index contributed by atoms with van der Waals surface area (Å²) in [6.07, 6.45) is 0. The zero-order chi connectivity index (χ0) is 37.5. The van der Waals surface area contributed by atoms with Crippen LogP contribution in [-0.2, 0) is 0 Å². The maximum absolute atomic E-state index is 17.7. The van der Waals surface area contributed by atoms with Gasteiger partial charge in [0, 0.05) is 52.8 Å². The molecule has 0 saturated heterocycles. The van der Waals surface area contributed by atoms with Crippen LogP contribution in [0.15, 0.2) is 158 Å². The lowest BCUT2D eigenvalue weighted by Gasteiger charge is -2.21. The van der Waals surface area contributed by atoms with E-state index in [1.54, 1.807) is 22.7 Å². The molecule has 260 valence electrons. The minimum Gasteiger partial charge on any atom is -0.316 e. The van der Waals surface area contributed by atoms with Crippen molar-refractivity contribution in [1.82, 2.24) is 4.57 Å². The fraction of sp³-hybridized carbons (Fsp3) is 0. The quantitative estimate of drug-likeness (QED) is 0.165. The summed E-state index contributed by atoms with van der Waals surface area (Å²) in [5, 5.41) is 17.2. The summed E-state index contributed by atoms with van der Waals surface area (Å²) in [4.78, 5) is 4.27. The van der Waals surface area contributed by atoms with Crippen LogP contribution in [0.3, 0.4) is 0 Å². The third-order valence-electron chi connectivity index (χ3n) is 10.9. The Hall–Kier alpha value is -7.09. The largest absolute Gasteiger partial charge is 0.316 e. The molecule has 0 bridgehead atoms. The minimum atomic E-state index is -0.645. The van der Waals surface area contributed by atoms with Gasteiger partial charge in [-0.25, -0.2) is 9.24 Å². The lowest BCUT2D eigenvalue weighted by Crippen LogP contribution is -2.05. The number of nitriles is 1. The van der Waals surface area contributed by atoms with Crippen LogP contribution in [0.5, 0.6) is 0 Å². The zero-order valence-electron chi connectivity index (χ0n) is 29.5. The number of halogens is 1. The molecular formula is C50H26FN3S2. The van der Waals surface area contributed by atoms with Gasteiger partial charge in [-0.15, -0.1) is 22.7 Å². The normalized spacial score (nSPS) is 11.6. The number of hydrogen-bond donors (Lipinski definition) is 0. The van der Waals surface area contributed by atoms with Crippen LogP contribution >= 0.6 is 22.7 Å². The number of thiophene rings is 2. The number of rotatable bonds is 4. The van der Waals surface area contributed by atoms with E-state index in [9.17, 15) is 5.26 Å². The van der Waals surface area contributed by atoms with Gasteiger partial charge < -0.3 is 4.57 Å². The Morgan fingerprint density at radius 1 is 0.518 bits per heavy atom. The summed E-state index contributed by atoms with van der Waals surface area (Å²) in [5.41, 5.74) is 6.36. The average Bonchev–Trinajstić information content (AvgIpc) is 3.94. The standard InChI is InChI=1S/C50H26FN3S2/c1-53-44-41(30-16-7-3-8-17-30)39(28-52)43(51)42(31-18-9-4-10-19-31)47(44)54-45-34(24-26-37-33-20-11-12-23-40(33)55-49(37)45)35-25-27-38-36-22-13-21-32(29-14-5-2-6-15-29)48(36)56-50(38)46(35)54/h2-27H. The molecule has 11 aromatic rings. The predicted molar refractivity (Wildman–Crippen MR) is 234 cm³/mol. The van der Waals surface area contributed by atoms with E-state index in [1.165, 1.54) is 0 Å². The van der Waals surface area contributed by atoms with E-state index in [2.05, 4.69) is 106 Å². The van der Waals surface area contributed by atoms with E-state index < -0.39 is 5.82 Å². The highest BCUT2D eigenvalue weighted by atomic mass is 32.1. The van der Waals surface area contributed by atoms with Crippen molar-refractivity contribution in [3.05, 3.63) is 181 Å². The fourth-order valence-corrected chi connectivity index (χ4v) is 11.2. The first-order chi connectivity index (χ1) is 27.7. The van der Waals surface area contributed by atoms with Gasteiger partial charge in [0.1, 0.15) is 11.9 Å². The maximum atomic E-state index is 17.7. The van der Waals surface area contributed by atoms with Crippen LogP contribution in [0.25, 0.3) is 106 Å². The Kier molecular flexibility index (Phi) is 7.21. The van der Waals surface area contributed by atoms with Crippen molar-refractivity contribution in [2.45, 2.75) is 0 Å². The molecule has 0 aliphatic rings. The number of hydrogen-bond acceptors (Lipinski definition) is 3. The molecule has 6 heteroatoms. The molecule has 0 unspecified atom stereocenters. The van der Waals surface area contributed by atoms with Crippen molar-refractivity contribution in [2.75, 3.05) is 0 Å². The minimum absolute atomic E-state index is 0.142. The van der Waals surface area contributed by atoms with E-state index in [0.717, 1.165) is 73.3 Å². The summed E-state index contributed by atoms with van der Waals surface area (Å²) in [6.45, 7) is 8.90. The first kappa shape index (κ1) is 32.3. The average molecular weight is 752 g/mol. The molecule has 0 fully saturated rings. The SMILES string of the molecule is [C-]#[N+]c1c(-c2ccccc2)c(C#N)c(F)c(-c2ccccc2)c1-n1c2c(ccc3c4ccccc4sc32)c2ccc3c4cccc(-c5ccccc5)c4sc3c21. The highest BCUT2D eigenvalue weighted by Gasteiger charge is 2.31. The number of nitrogens with zero attached hydrogens (tertiary/aromatic N) is 3. The predicted octanol–water partition coefficient (Wildman–Crippen LogP) is 15.1. The van der Waals surface area contributed by atoms with Gasteiger partial charge in [0.25, 0.3) is 0 Å². The molecule has 0 radical (unpaired) electrons. The van der Waals surface area contributed by atoms with Gasteiger partial charge in [0.15, 0.2) is 0 Å². The highest BCUT2D eigenvalue weighted by molar-refractivity contribution is 7.27. The van der Waals surface area contributed by atoms with Gasteiger partial charge >= 0.3 is 0 Å². The molecule has 3 nitrogen and oxygen atoms in total. The van der Waals surface area contributed by atoms with Crippen molar-refractivity contribution in [3.63, 3.8) is 0 Å². The van der Waals surface area contributed by atoms with Crippen molar-refractivity contribution in [3.8, 4) is 45.1 Å². The topological polar surface area (TPSA) is 33.1 Å². The van der Waals surface area contributed by atoms with Gasteiger partial charge in [-0.2, -0.15) is 5.26 Å². The second-order valence-electron chi connectivity index (χ2n) is 13.9. The molecule has 0 aliphatic carbocycles. The third-order valence-corrected chi connectivity index (χ3v) is 13.4. The Balaban J connectivity index is 1.43. The molecule has 3 aromatic heterocycles. The smallest absolute Gasteiger partial charge is 0.220 e. The Labute approximate surface area is 328 Å². The number of fused-ring (bicyclic) bond motifs is 11. The second-order valence-corrected chi connectivity index (χ2v) is 15.9. The van der Waals surface area contributed by atoms with Crippen LogP contribution in [0.1, 0.15) is 5.56 Å². The number of aromatic nitrogens is 1. The molecule has 8 aromatic carbocycles. The van der Waals surface area contributed by atoms with Gasteiger partial charge in [0.05, 0.1) is 38.3 Å². The van der Waals surface area contributed by atoms with Crippen molar-refractivity contribution < 1.29 is 4.39 Å². The van der Waals surface area contributed by atoms with E-state index in [1.807, 2.05) is 66.7 Å². The fourth-order valence-electron chi connectivity index (χ4n) is 8.56. The highest BCUT2D eigenvalue weighted by Crippen LogP contribution is 2.53. The van der Waals surface area contributed by atoms with E-state index in [0.29, 0.717) is 22.4 Å². The lowest BCUT2D eigenvalue weighted by atomic mass is 9.90. The Morgan fingerprint density at radius 2 is 1.04 bits per heavy atom. The molecule has 0 amide bonds. The maximum Gasteiger partial charge on any atom is 0.220 e. The van der Waals surface area contributed by atoms with Crippen LogP contribution in [0, 0.1) is 23.7 Å². The molecule has 0 aliphatic heterocycles. The first-order valence-corrected chi connectivity index (χ1v) is 19.9. The monoisotopic (exact) mass is 751 g/mol. The second kappa shape index (κ2) is 12.5. The van der Waals surface area contributed by atoms with Crippen LogP contribution < -0.4 is 0 Å². The van der Waals surface area contributed by atoms with Gasteiger partial charge in [-0.05, 0) is 28.3 Å². The lowest BCUT2D eigenvalue weighted by molar-refractivity contribution is 0.627. The molecular weight excluding hydrogens is 726 g/mol. The van der Waals surface area contributed by atoms with Gasteiger partial charge in [-0.1, -0.05) is 152 Å². The molecule has 11 rings (SSSR count). The molecule has 0 N–H and O–H groups in total. The molecule has 3 heterocycles.